The molecule has 5 heterocycles. The van der Waals surface area contributed by atoms with E-state index in [1.807, 2.05) is 0 Å². The molecule has 0 saturated heterocycles. The lowest BCUT2D eigenvalue weighted by Gasteiger charge is -2.18. The van der Waals surface area contributed by atoms with Crippen LogP contribution in [0.5, 0.6) is 0 Å². The number of nitrogens with one attached hydrogen (secondary N) is 1. The molecule has 16 nitrogen and oxygen atoms in total. The molecule has 6 rings (SSSR count). The Morgan fingerprint density at radius 2 is 1.71 bits per heavy atom. The Morgan fingerprint density at radius 3 is 2.27 bits per heavy atom. The van der Waals surface area contributed by atoms with Crippen molar-refractivity contribution in [2.45, 2.75) is 70.1 Å². The molecule has 1 amide bonds. The number of nitrogens with zero attached hydrogens (tertiary/aromatic N) is 7. The van der Waals surface area contributed by atoms with E-state index in [0.29, 0.717) is 39.5 Å². The maximum Gasteiger partial charge on any atom is 0.504 e. The van der Waals surface area contributed by atoms with Crippen molar-refractivity contribution in [2.75, 3.05) is 12.4 Å². The smallest absolute Gasteiger partial charge is 0.453 e. The Hall–Kier alpha value is -4.98. The molecule has 48 heavy (non-hydrogen) atoms. The van der Waals surface area contributed by atoms with Crippen LogP contribution in [0.1, 0.15) is 45.6 Å². The molecule has 7 N–H and O–H groups in total. The Balaban J connectivity index is 0.000000840. The van der Waals surface area contributed by atoms with E-state index in [2.05, 4.69) is 30.9 Å². The SMILES string of the molecule is CC(C)(O)Cn1cc(-c2cnn(C(F)(F)F)c2)c2nc(Nc3cc4c(cn3)n(C(O)(O)O)c(=O)n4C3CCCC3)ccc21.COC(N)=O. The van der Waals surface area contributed by atoms with Crippen molar-refractivity contribution < 1.29 is 43.1 Å². The van der Waals surface area contributed by atoms with Gasteiger partial charge in [0.2, 0.25) is 0 Å². The van der Waals surface area contributed by atoms with Gasteiger partial charge in [0.05, 0.1) is 53.7 Å². The van der Waals surface area contributed by atoms with Gasteiger partial charge < -0.3 is 40.8 Å². The van der Waals surface area contributed by atoms with Gasteiger partial charge in [-0.25, -0.2) is 24.1 Å². The Labute approximate surface area is 269 Å². The highest BCUT2D eigenvalue weighted by Gasteiger charge is 2.33. The van der Waals surface area contributed by atoms with E-state index in [1.54, 1.807) is 36.7 Å². The van der Waals surface area contributed by atoms with Gasteiger partial charge in [0.1, 0.15) is 11.6 Å². The first kappa shape index (κ1) is 34.4. The molecule has 1 fully saturated rings. The zero-order valence-corrected chi connectivity index (χ0v) is 26.0. The van der Waals surface area contributed by atoms with Gasteiger partial charge in [0, 0.05) is 35.6 Å². The number of anilines is 2. The van der Waals surface area contributed by atoms with E-state index in [9.17, 15) is 43.2 Å². The molecule has 1 aliphatic carbocycles. The van der Waals surface area contributed by atoms with E-state index < -0.39 is 29.8 Å². The van der Waals surface area contributed by atoms with Crippen LogP contribution in [0.15, 0.2) is 47.8 Å². The molecule has 1 aliphatic rings. The highest BCUT2D eigenvalue weighted by molar-refractivity contribution is 5.94. The minimum atomic E-state index is -4.70. The minimum absolute atomic E-state index is 0.00557. The molecular formula is C29H34F3N9O7. The van der Waals surface area contributed by atoms with Gasteiger partial charge >= 0.3 is 24.2 Å². The largest absolute Gasteiger partial charge is 0.504 e. The third kappa shape index (κ3) is 7.13. The van der Waals surface area contributed by atoms with Gasteiger partial charge in [-0.3, -0.25) is 4.57 Å². The molecule has 258 valence electrons. The van der Waals surface area contributed by atoms with Crippen LogP contribution in [0.25, 0.3) is 33.2 Å². The number of carbonyl (C=O) groups excluding carboxylic acids is 1. The second kappa shape index (κ2) is 12.6. The third-order valence-corrected chi connectivity index (χ3v) is 7.64. The van der Waals surface area contributed by atoms with Crippen molar-refractivity contribution in [3.8, 4) is 11.1 Å². The van der Waals surface area contributed by atoms with Gasteiger partial charge in [-0.15, -0.1) is 13.2 Å². The molecule has 0 aliphatic heterocycles. The highest BCUT2D eigenvalue weighted by Crippen LogP contribution is 2.35. The molecule has 0 atom stereocenters. The van der Waals surface area contributed by atoms with E-state index in [4.69, 9.17) is 0 Å². The summed E-state index contributed by atoms with van der Waals surface area (Å²) in [6.45, 7) is 3.36. The molecule has 0 aromatic carbocycles. The maximum atomic E-state index is 13.3. The van der Waals surface area contributed by atoms with Gasteiger partial charge in [0.15, 0.2) is 0 Å². The number of hydrogen-bond donors (Lipinski definition) is 6. The van der Waals surface area contributed by atoms with Gasteiger partial charge in [-0.05, 0) is 38.8 Å². The van der Waals surface area contributed by atoms with Crippen LogP contribution < -0.4 is 16.7 Å². The molecule has 0 spiro atoms. The van der Waals surface area contributed by atoms with Crippen LogP contribution in [0.3, 0.4) is 0 Å². The predicted octanol–water partition coefficient (Wildman–Crippen LogP) is 2.77. The molecule has 19 heteroatoms. The topological polar surface area (TPSA) is 221 Å². The number of rotatable bonds is 7. The molecular weight excluding hydrogens is 643 g/mol. The van der Waals surface area contributed by atoms with Crippen molar-refractivity contribution in [1.82, 2.24) is 33.4 Å². The number of amides is 1. The van der Waals surface area contributed by atoms with Crippen molar-refractivity contribution in [3.63, 3.8) is 0 Å². The fourth-order valence-corrected chi connectivity index (χ4v) is 5.72. The maximum absolute atomic E-state index is 13.3. The number of aromatic nitrogens is 7. The Bertz CT molecular complexity index is 2010. The summed E-state index contributed by atoms with van der Waals surface area (Å²) in [4.78, 5) is 31.4. The predicted molar refractivity (Wildman–Crippen MR) is 165 cm³/mol. The number of primary amides is 1. The summed E-state index contributed by atoms with van der Waals surface area (Å²) in [5.74, 6) is 0.518. The van der Waals surface area contributed by atoms with Crippen LogP contribution in [0, 0.1) is 0 Å². The number of aliphatic hydroxyl groups is 4. The molecule has 5 aromatic rings. The normalized spacial score (nSPS) is 14.4. The lowest BCUT2D eigenvalue weighted by atomic mass is 10.1. The number of methoxy groups -OCH3 is 1. The number of nitrogens with two attached hydrogens (primary N) is 1. The first-order chi connectivity index (χ1) is 22.4. The molecule has 0 bridgehead atoms. The number of halogens is 3. The van der Waals surface area contributed by atoms with E-state index in [-0.39, 0.29) is 40.0 Å². The molecule has 5 aromatic heterocycles. The van der Waals surface area contributed by atoms with Crippen LogP contribution in [0.2, 0.25) is 0 Å². The fraction of sp³-hybridized carbons (Fsp3) is 0.414. The van der Waals surface area contributed by atoms with Crippen molar-refractivity contribution in [2.24, 2.45) is 5.73 Å². The molecule has 1 saturated carbocycles. The monoisotopic (exact) mass is 677 g/mol. The number of pyridine rings is 2. The quantitative estimate of drug-likeness (QED) is 0.138. The average Bonchev–Trinajstić information content (AvgIpc) is 3.77. The zero-order chi connectivity index (χ0) is 35.2. The van der Waals surface area contributed by atoms with E-state index in [1.165, 1.54) is 23.9 Å². The van der Waals surface area contributed by atoms with Crippen LogP contribution in [0.4, 0.5) is 29.6 Å². The number of fused-ring (bicyclic) bond motifs is 2. The summed E-state index contributed by atoms with van der Waals surface area (Å²) < 4.78 is 47.1. The minimum Gasteiger partial charge on any atom is -0.453 e. The molecule has 0 radical (unpaired) electrons. The van der Waals surface area contributed by atoms with Crippen molar-refractivity contribution >= 4 is 39.8 Å². The Kier molecular flexibility index (Phi) is 8.99. The van der Waals surface area contributed by atoms with E-state index >= 15 is 0 Å². The number of alkyl halides is 3. The highest BCUT2D eigenvalue weighted by atomic mass is 19.4. The Morgan fingerprint density at radius 1 is 1.04 bits per heavy atom. The first-order valence-corrected chi connectivity index (χ1v) is 14.6. The molecule has 0 unspecified atom stereocenters. The first-order valence-electron chi connectivity index (χ1n) is 14.6. The number of ether oxygens (including phenoxy) is 1. The van der Waals surface area contributed by atoms with Gasteiger partial charge in [-0.2, -0.15) is 9.78 Å². The number of imidazole rings is 1. The average molecular weight is 678 g/mol. The van der Waals surface area contributed by atoms with Crippen LogP contribution >= 0.6 is 0 Å². The second-order valence-corrected chi connectivity index (χ2v) is 11.9. The standard InChI is InChI=1S/C27H29F3N8O5.C2H5NO2/c1-25(2,40)14-35-13-17(15-10-32-36(12-15)26(28,29)30)23-18(35)7-8-21(34-23)33-22-9-19-20(11-31-22)38(27(41,42)43)24(39)37(19)16-5-3-4-6-16;1-5-2(3)4/h7-13,16,40-43H,3-6,14H2,1-2H3,(H,31,33,34);1H3,(H2,3,4). The van der Waals surface area contributed by atoms with Crippen LogP contribution in [-0.2, 0) is 23.7 Å². The summed E-state index contributed by atoms with van der Waals surface area (Å²) >= 11 is 0. The lowest BCUT2D eigenvalue weighted by Crippen LogP contribution is -2.41. The number of carbonyl (C=O) groups is 1. The fourth-order valence-electron chi connectivity index (χ4n) is 5.72. The third-order valence-electron chi connectivity index (χ3n) is 7.64. The number of hydrogen-bond acceptors (Lipinski definition) is 11. The summed E-state index contributed by atoms with van der Waals surface area (Å²) in [5.41, 5.74) is 4.25. The van der Waals surface area contributed by atoms with Crippen molar-refractivity contribution in [1.29, 1.82) is 0 Å². The summed E-state index contributed by atoms with van der Waals surface area (Å²) in [5, 5.41) is 46.6. The summed E-state index contributed by atoms with van der Waals surface area (Å²) in [6.07, 6.45) is -0.921. The van der Waals surface area contributed by atoms with Gasteiger partial charge in [0.25, 0.3) is 0 Å². The zero-order valence-electron chi connectivity index (χ0n) is 26.0. The van der Waals surface area contributed by atoms with Crippen molar-refractivity contribution in [3.05, 3.63) is 53.5 Å². The lowest BCUT2D eigenvalue weighted by molar-refractivity contribution is -0.374. The van der Waals surface area contributed by atoms with Gasteiger partial charge in [-0.1, -0.05) is 12.8 Å². The summed E-state index contributed by atoms with van der Waals surface area (Å²) in [7, 11) is 1.22. The van der Waals surface area contributed by atoms with E-state index in [0.717, 1.165) is 25.2 Å². The van der Waals surface area contributed by atoms with Crippen LogP contribution in [-0.4, -0.2) is 72.7 Å². The summed E-state index contributed by atoms with van der Waals surface area (Å²) in [6, 6.07) is 4.65. The second-order valence-electron chi connectivity index (χ2n) is 11.9.